The quantitative estimate of drug-likeness (QED) is 0.854. The summed E-state index contributed by atoms with van der Waals surface area (Å²) in [4.78, 5) is 6.63. The van der Waals surface area contributed by atoms with Gasteiger partial charge in [-0.1, -0.05) is 6.92 Å². The van der Waals surface area contributed by atoms with Gasteiger partial charge in [0.15, 0.2) is 0 Å². The summed E-state index contributed by atoms with van der Waals surface area (Å²) in [6.07, 6.45) is 4.74. The normalized spacial score (nSPS) is 21.4. The Bertz CT molecular complexity index is 397. The second-order valence-electron chi connectivity index (χ2n) is 5.37. The summed E-state index contributed by atoms with van der Waals surface area (Å²) in [6.45, 7) is 7.07. The first-order chi connectivity index (χ1) is 9.20. The minimum atomic E-state index is -0.213. The van der Waals surface area contributed by atoms with E-state index in [1.54, 1.807) is 0 Å². The Morgan fingerprint density at radius 2 is 2.42 bits per heavy atom. The Morgan fingerprint density at radius 1 is 1.58 bits per heavy atom. The van der Waals surface area contributed by atoms with E-state index < -0.39 is 0 Å². The van der Waals surface area contributed by atoms with Gasteiger partial charge in [-0.15, -0.1) is 0 Å². The SMILES string of the molecule is CCCNC(C)c1ccnc(N2CCCC(O)C2)c1. The number of aliphatic hydroxyl groups is 1. The van der Waals surface area contributed by atoms with Crippen molar-refractivity contribution in [2.24, 2.45) is 0 Å². The van der Waals surface area contributed by atoms with Gasteiger partial charge in [0.25, 0.3) is 0 Å². The molecule has 0 amide bonds. The van der Waals surface area contributed by atoms with Gasteiger partial charge in [0.2, 0.25) is 0 Å². The van der Waals surface area contributed by atoms with Gasteiger partial charge in [-0.2, -0.15) is 0 Å². The fraction of sp³-hybridized carbons (Fsp3) is 0.667. The third kappa shape index (κ3) is 3.91. The lowest BCUT2D eigenvalue weighted by Crippen LogP contribution is -2.38. The number of aromatic nitrogens is 1. The number of nitrogens with one attached hydrogen (secondary N) is 1. The van der Waals surface area contributed by atoms with E-state index in [1.807, 2.05) is 6.20 Å². The van der Waals surface area contributed by atoms with Crippen molar-refractivity contribution in [3.63, 3.8) is 0 Å². The number of pyridine rings is 1. The summed E-state index contributed by atoms with van der Waals surface area (Å²) in [6, 6.07) is 4.55. The second-order valence-corrected chi connectivity index (χ2v) is 5.37. The molecule has 1 aromatic rings. The topological polar surface area (TPSA) is 48.4 Å². The molecule has 1 aromatic heterocycles. The molecule has 0 radical (unpaired) electrons. The first-order valence-electron chi connectivity index (χ1n) is 7.33. The predicted octanol–water partition coefficient (Wildman–Crippen LogP) is 2.10. The van der Waals surface area contributed by atoms with Gasteiger partial charge in [-0.25, -0.2) is 4.98 Å². The Labute approximate surface area is 115 Å². The van der Waals surface area contributed by atoms with Gasteiger partial charge in [0.1, 0.15) is 5.82 Å². The zero-order chi connectivity index (χ0) is 13.7. The van der Waals surface area contributed by atoms with Crippen molar-refractivity contribution in [1.29, 1.82) is 0 Å². The number of aliphatic hydroxyl groups excluding tert-OH is 1. The van der Waals surface area contributed by atoms with Crippen LogP contribution in [0.2, 0.25) is 0 Å². The molecule has 1 aliphatic rings. The molecule has 0 bridgehead atoms. The van der Waals surface area contributed by atoms with Crippen LogP contribution in [-0.4, -0.2) is 35.8 Å². The van der Waals surface area contributed by atoms with Crippen molar-refractivity contribution >= 4 is 5.82 Å². The molecule has 0 spiro atoms. The highest BCUT2D eigenvalue weighted by molar-refractivity contribution is 5.42. The van der Waals surface area contributed by atoms with E-state index in [-0.39, 0.29) is 6.10 Å². The molecule has 1 saturated heterocycles. The summed E-state index contributed by atoms with van der Waals surface area (Å²) < 4.78 is 0. The Balaban J connectivity index is 2.05. The fourth-order valence-electron chi connectivity index (χ4n) is 2.52. The van der Waals surface area contributed by atoms with Crippen LogP contribution in [0, 0.1) is 0 Å². The lowest BCUT2D eigenvalue weighted by Gasteiger charge is -2.31. The lowest BCUT2D eigenvalue weighted by atomic mass is 10.1. The molecule has 0 aromatic carbocycles. The smallest absolute Gasteiger partial charge is 0.128 e. The number of β-amino-alcohol motifs (C(OH)–C–C–N with tert-alkyl or cyclic N) is 1. The highest BCUT2D eigenvalue weighted by Crippen LogP contribution is 2.21. The minimum absolute atomic E-state index is 0.213. The van der Waals surface area contributed by atoms with Crippen LogP contribution in [0.1, 0.15) is 44.7 Å². The third-order valence-corrected chi connectivity index (χ3v) is 3.69. The van der Waals surface area contributed by atoms with Crippen LogP contribution in [0.15, 0.2) is 18.3 Å². The number of rotatable bonds is 5. The van der Waals surface area contributed by atoms with Gasteiger partial charge in [-0.3, -0.25) is 0 Å². The molecule has 2 unspecified atom stereocenters. The summed E-state index contributed by atoms with van der Waals surface area (Å²) in [7, 11) is 0. The van der Waals surface area contributed by atoms with Crippen molar-refractivity contribution in [2.75, 3.05) is 24.5 Å². The fourth-order valence-corrected chi connectivity index (χ4v) is 2.52. The lowest BCUT2D eigenvalue weighted by molar-refractivity contribution is 0.154. The van der Waals surface area contributed by atoms with E-state index in [4.69, 9.17) is 0 Å². The van der Waals surface area contributed by atoms with E-state index >= 15 is 0 Å². The molecule has 4 nitrogen and oxygen atoms in total. The first-order valence-corrected chi connectivity index (χ1v) is 7.33. The minimum Gasteiger partial charge on any atom is -0.391 e. The molecule has 1 aliphatic heterocycles. The largest absolute Gasteiger partial charge is 0.391 e. The summed E-state index contributed by atoms with van der Waals surface area (Å²) in [5.41, 5.74) is 1.26. The van der Waals surface area contributed by atoms with Gasteiger partial charge in [-0.05, 0) is 50.4 Å². The van der Waals surface area contributed by atoms with Crippen LogP contribution in [0.4, 0.5) is 5.82 Å². The number of hydrogen-bond donors (Lipinski definition) is 2. The molecule has 2 N–H and O–H groups in total. The molecule has 4 heteroatoms. The van der Waals surface area contributed by atoms with Crippen molar-refractivity contribution in [3.05, 3.63) is 23.9 Å². The van der Waals surface area contributed by atoms with Gasteiger partial charge < -0.3 is 15.3 Å². The van der Waals surface area contributed by atoms with Crippen molar-refractivity contribution < 1.29 is 5.11 Å². The zero-order valence-electron chi connectivity index (χ0n) is 12.0. The van der Waals surface area contributed by atoms with Gasteiger partial charge >= 0.3 is 0 Å². The van der Waals surface area contributed by atoms with Crippen molar-refractivity contribution in [3.8, 4) is 0 Å². The predicted molar refractivity (Wildman–Crippen MR) is 78.4 cm³/mol. The molecule has 1 fully saturated rings. The van der Waals surface area contributed by atoms with E-state index in [9.17, 15) is 5.11 Å². The van der Waals surface area contributed by atoms with Crippen LogP contribution in [-0.2, 0) is 0 Å². The number of anilines is 1. The molecule has 0 saturated carbocycles. The summed E-state index contributed by atoms with van der Waals surface area (Å²) in [5.74, 6) is 0.987. The Morgan fingerprint density at radius 3 is 3.16 bits per heavy atom. The van der Waals surface area contributed by atoms with E-state index in [0.717, 1.165) is 38.2 Å². The number of hydrogen-bond acceptors (Lipinski definition) is 4. The summed E-state index contributed by atoms with van der Waals surface area (Å²) >= 11 is 0. The molecular weight excluding hydrogens is 238 g/mol. The van der Waals surface area contributed by atoms with Crippen LogP contribution in [0.25, 0.3) is 0 Å². The maximum atomic E-state index is 9.75. The molecule has 19 heavy (non-hydrogen) atoms. The average Bonchev–Trinajstić information content (AvgIpc) is 2.45. The Kier molecular flexibility index (Phi) is 5.16. The highest BCUT2D eigenvalue weighted by atomic mass is 16.3. The molecule has 2 rings (SSSR count). The molecule has 0 aliphatic carbocycles. The average molecular weight is 263 g/mol. The zero-order valence-corrected chi connectivity index (χ0v) is 12.0. The van der Waals surface area contributed by atoms with Crippen molar-refractivity contribution in [2.45, 2.75) is 45.3 Å². The standard InChI is InChI=1S/C15H25N3O/c1-3-7-16-12(2)13-6-8-17-15(10-13)18-9-4-5-14(19)11-18/h6,8,10,12,14,16,19H,3-5,7,9,11H2,1-2H3. The Hall–Kier alpha value is -1.13. The monoisotopic (exact) mass is 263 g/mol. The third-order valence-electron chi connectivity index (χ3n) is 3.69. The van der Waals surface area contributed by atoms with Crippen LogP contribution in [0.3, 0.4) is 0 Å². The van der Waals surface area contributed by atoms with Gasteiger partial charge in [0.05, 0.1) is 6.10 Å². The maximum absolute atomic E-state index is 9.75. The second kappa shape index (κ2) is 6.87. The molecule has 2 heterocycles. The van der Waals surface area contributed by atoms with Crippen LogP contribution < -0.4 is 10.2 Å². The highest BCUT2D eigenvalue weighted by Gasteiger charge is 2.19. The van der Waals surface area contributed by atoms with Crippen LogP contribution in [0.5, 0.6) is 0 Å². The maximum Gasteiger partial charge on any atom is 0.128 e. The summed E-state index contributed by atoms with van der Waals surface area (Å²) in [5, 5.41) is 13.2. The van der Waals surface area contributed by atoms with E-state index in [1.165, 1.54) is 5.56 Å². The first kappa shape index (κ1) is 14.3. The number of nitrogens with zero attached hydrogens (tertiary/aromatic N) is 2. The van der Waals surface area contributed by atoms with Crippen LogP contribution >= 0.6 is 0 Å². The number of piperidine rings is 1. The van der Waals surface area contributed by atoms with Gasteiger partial charge in [0, 0.05) is 25.3 Å². The van der Waals surface area contributed by atoms with E-state index in [0.29, 0.717) is 12.6 Å². The van der Waals surface area contributed by atoms with Crippen molar-refractivity contribution in [1.82, 2.24) is 10.3 Å². The van der Waals surface area contributed by atoms with E-state index in [2.05, 4.69) is 41.2 Å². The molecule has 106 valence electrons. The molecular formula is C15H25N3O. The molecule has 2 atom stereocenters.